The summed E-state index contributed by atoms with van der Waals surface area (Å²) in [6.45, 7) is 4.41. The lowest BCUT2D eigenvalue weighted by Gasteiger charge is -2.09. The zero-order valence-electron chi connectivity index (χ0n) is 9.99. The fourth-order valence-electron chi connectivity index (χ4n) is 1.29. The number of nitrogens with zero attached hydrogens (tertiary/aromatic N) is 1. The SMILES string of the molecule is CCC(C)SCc1ccc(OC)c(C#N)c1. The lowest BCUT2D eigenvalue weighted by atomic mass is 10.1. The van der Waals surface area contributed by atoms with Gasteiger partial charge in [0.1, 0.15) is 11.8 Å². The van der Waals surface area contributed by atoms with Gasteiger partial charge < -0.3 is 4.74 Å². The molecule has 0 saturated heterocycles. The van der Waals surface area contributed by atoms with Crippen LogP contribution >= 0.6 is 11.8 Å². The van der Waals surface area contributed by atoms with Crippen LogP contribution in [0.25, 0.3) is 0 Å². The van der Waals surface area contributed by atoms with Crippen molar-refractivity contribution in [2.75, 3.05) is 7.11 Å². The summed E-state index contributed by atoms with van der Waals surface area (Å²) in [7, 11) is 1.59. The summed E-state index contributed by atoms with van der Waals surface area (Å²) in [4.78, 5) is 0. The van der Waals surface area contributed by atoms with Crippen LogP contribution in [0.15, 0.2) is 18.2 Å². The molecule has 1 atom stereocenters. The number of ether oxygens (including phenoxy) is 1. The van der Waals surface area contributed by atoms with Crippen LogP contribution in [0.1, 0.15) is 31.4 Å². The molecule has 0 N–H and O–H groups in total. The first kappa shape index (κ1) is 12.9. The fraction of sp³-hybridized carbons (Fsp3) is 0.462. The Morgan fingerprint density at radius 3 is 2.81 bits per heavy atom. The maximum atomic E-state index is 8.96. The van der Waals surface area contributed by atoms with Gasteiger partial charge in [-0.25, -0.2) is 0 Å². The molecule has 0 saturated carbocycles. The Hall–Kier alpha value is -1.14. The van der Waals surface area contributed by atoms with Gasteiger partial charge in [0.25, 0.3) is 0 Å². The van der Waals surface area contributed by atoms with Crippen LogP contribution in [0.5, 0.6) is 5.75 Å². The molecule has 0 heterocycles. The molecular formula is C13H17NOS. The van der Waals surface area contributed by atoms with Crippen molar-refractivity contribution in [2.24, 2.45) is 0 Å². The van der Waals surface area contributed by atoms with Gasteiger partial charge in [0.15, 0.2) is 0 Å². The molecule has 0 aliphatic rings. The lowest BCUT2D eigenvalue weighted by molar-refractivity contribution is 0.413. The standard InChI is InChI=1S/C13H17NOS/c1-4-10(2)16-9-11-5-6-13(15-3)12(7-11)8-14/h5-7,10H,4,9H2,1-3H3. The summed E-state index contributed by atoms with van der Waals surface area (Å²) in [5, 5.41) is 9.62. The van der Waals surface area contributed by atoms with Gasteiger partial charge in [-0.15, -0.1) is 0 Å². The largest absolute Gasteiger partial charge is 0.495 e. The van der Waals surface area contributed by atoms with Crippen LogP contribution in [0.4, 0.5) is 0 Å². The maximum absolute atomic E-state index is 8.96. The predicted octanol–water partition coefficient (Wildman–Crippen LogP) is 3.60. The first-order valence-corrected chi connectivity index (χ1v) is 6.44. The highest BCUT2D eigenvalue weighted by Crippen LogP contribution is 2.24. The van der Waals surface area contributed by atoms with Gasteiger partial charge in [-0.2, -0.15) is 17.0 Å². The average Bonchev–Trinajstić information content (AvgIpc) is 2.35. The molecule has 1 aromatic carbocycles. The number of hydrogen-bond acceptors (Lipinski definition) is 3. The van der Waals surface area contributed by atoms with Crippen molar-refractivity contribution < 1.29 is 4.74 Å². The van der Waals surface area contributed by atoms with E-state index < -0.39 is 0 Å². The van der Waals surface area contributed by atoms with Crippen LogP contribution in [0, 0.1) is 11.3 Å². The van der Waals surface area contributed by atoms with Gasteiger partial charge in [-0.3, -0.25) is 0 Å². The van der Waals surface area contributed by atoms with Gasteiger partial charge in [-0.05, 0) is 24.1 Å². The van der Waals surface area contributed by atoms with E-state index in [9.17, 15) is 0 Å². The molecule has 0 bridgehead atoms. The Morgan fingerprint density at radius 2 is 2.25 bits per heavy atom. The molecule has 2 nitrogen and oxygen atoms in total. The van der Waals surface area contributed by atoms with E-state index in [1.165, 1.54) is 12.0 Å². The van der Waals surface area contributed by atoms with Gasteiger partial charge in [0, 0.05) is 11.0 Å². The summed E-state index contributed by atoms with van der Waals surface area (Å²) in [5.74, 6) is 1.60. The van der Waals surface area contributed by atoms with Crippen molar-refractivity contribution in [2.45, 2.75) is 31.3 Å². The molecule has 1 aromatic rings. The summed E-state index contributed by atoms with van der Waals surface area (Å²) < 4.78 is 5.11. The lowest BCUT2D eigenvalue weighted by Crippen LogP contribution is -1.95. The summed E-state index contributed by atoms with van der Waals surface area (Å²) in [5.41, 5.74) is 1.80. The molecule has 0 aliphatic heterocycles. The summed E-state index contributed by atoms with van der Waals surface area (Å²) in [6, 6.07) is 7.95. The van der Waals surface area contributed by atoms with Crippen LogP contribution in [0.2, 0.25) is 0 Å². The Balaban J connectivity index is 2.72. The van der Waals surface area contributed by atoms with Gasteiger partial charge in [-0.1, -0.05) is 19.9 Å². The van der Waals surface area contributed by atoms with Gasteiger partial charge in [0.05, 0.1) is 12.7 Å². The van der Waals surface area contributed by atoms with Crippen LogP contribution in [0.3, 0.4) is 0 Å². The van der Waals surface area contributed by atoms with Crippen molar-refractivity contribution in [1.29, 1.82) is 5.26 Å². The second-order valence-electron chi connectivity index (χ2n) is 3.68. The highest BCUT2D eigenvalue weighted by molar-refractivity contribution is 7.99. The number of rotatable bonds is 5. The average molecular weight is 235 g/mol. The van der Waals surface area contributed by atoms with Crippen molar-refractivity contribution in [3.8, 4) is 11.8 Å². The molecule has 0 aliphatic carbocycles. The van der Waals surface area contributed by atoms with Crippen LogP contribution in [-0.2, 0) is 5.75 Å². The highest BCUT2D eigenvalue weighted by atomic mass is 32.2. The Bertz CT molecular complexity index is 384. The zero-order chi connectivity index (χ0) is 12.0. The number of hydrogen-bond donors (Lipinski definition) is 0. The van der Waals surface area contributed by atoms with Crippen LogP contribution < -0.4 is 4.74 Å². The number of methoxy groups -OCH3 is 1. The monoisotopic (exact) mass is 235 g/mol. The molecule has 1 rings (SSSR count). The van der Waals surface area contributed by atoms with Crippen molar-refractivity contribution in [3.05, 3.63) is 29.3 Å². The first-order chi connectivity index (χ1) is 7.71. The zero-order valence-corrected chi connectivity index (χ0v) is 10.8. The van der Waals surface area contributed by atoms with E-state index in [4.69, 9.17) is 10.00 Å². The third-order valence-corrected chi connectivity index (χ3v) is 3.90. The Kier molecular flexibility index (Phi) is 5.21. The maximum Gasteiger partial charge on any atom is 0.136 e. The third kappa shape index (κ3) is 3.46. The Morgan fingerprint density at radius 1 is 1.50 bits per heavy atom. The van der Waals surface area contributed by atoms with Gasteiger partial charge >= 0.3 is 0 Å². The normalized spacial score (nSPS) is 11.9. The van der Waals surface area contributed by atoms with E-state index in [1.54, 1.807) is 7.11 Å². The first-order valence-electron chi connectivity index (χ1n) is 5.39. The second-order valence-corrected chi connectivity index (χ2v) is 5.10. The van der Waals surface area contributed by atoms with E-state index in [2.05, 4.69) is 19.9 Å². The minimum absolute atomic E-state index is 0.616. The molecule has 0 amide bonds. The van der Waals surface area contributed by atoms with Crippen molar-refractivity contribution >= 4 is 11.8 Å². The Labute approximate surface area is 102 Å². The molecule has 0 fully saturated rings. The topological polar surface area (TPSA) is 33.0 Å². The molecule has 3 heteroatoms. The molecule has 0 aromatic heterocycles. The molecule has 0 spiro atoms. The van der Waals surface area contributed by atoms with Crippen LogP contribution in [-0.4, -0.2) is 12.4 Å². The van der Waals surface area contributed by atoms with Crippen molar-refractivity contribution in [1.82, 2.24) is 0 Å². The third-order valence-electron chi connectivity index (χ3n) is 2.49. The smallest absolute Gasteiger partial charge is 0.136 e. The van der Waals surface area contributed by atoms with E-state index in [0.29, 0.717) is 16.6 Å². The molecule has 16 heavy (non-hydrogen) atoms. The van der Waals surface area contributed by atoms with Gasteiger partial charge in [0.2, 0.25) is 0 Å². The van der Waals surface area contributed by atoms with E-state index in [0.717, 1.165) is 5.75 Å². The number of nitriles is 1. The van der Waals surface area contributed by atoms with E-state index >= 15 is 0 Å². The summed E-state index contributed by atoms with van der Waals surface area (Å²) >= 11 is 1.91. The van der Waals surface area contributed by atoms with Crippen molar-refractivity contribution in [3.63, 3.8) is 0 Å². The molecule has 0 radical (unpaired) electrons. The van der Waals surface area contributed by atoms with E-state index in [1.807, 2.05) is 30.0 Å². The molecular weight excluding hydrogens is 218 g/mol. The van der Waals surface area contributed by atoms with E-state index in [-0.39, 0.29) is 0 Å². The minimum atomic E-state index is 0.616. The number of thioether (sulfide) groups is 1. The quantitative estimate of drug-likeness (QED) is 0.781. The number of benzene rings is 1. The second kappa shape index (κ2) is 6.44. The fourth-order valence-corrected chi connectivity index (χ4v) is 2.18. The molecule has 1 unspecified atom stereocenters. The highest BCUT2D eigenvalue weighted by Gasteiger charge is 2.05. The predicted molar refractivity (Wildman–Crippen MR) is 68.8 cm³/mol. The molecule has 86 valence electrons. The summed E-state index contributed by atoms with van der Waals surface area (Å²) in [6.07, 6.45) is 1.17. The minimum Gasteiger partial charge on any atom is -0.495 e.